The molecular formula is C10H16O2. The molecule has 0 aliphatic heterocycles. The van der Waals surface area contributed by atoms with Crippen LogP contribution < -0.4 is 0 Å². The van der Waals surface area contributed by atoms with Crippen molar-refractivity contribution < 1.29 is 9.53 Å². The number of hydrogen-bond donors (Lipinski definition) is 0. The van der Waals surface area contributed by atoms with Gasteiger partial charge < -0.3 is 4.74 Å². The Morgan fingerprint density at radius 3 is 3.00 bits per heavy atom. The number of rotatable bonds is 2. The van der Waals surface area contributed by atoms with Crippen molar-refractivity contribution in [2.75, 3.05) is 6.61 Å². The van der Waals surface area contributed by atoms with Gasteiger partial charge in [-0.15, -0.1) is 0 Å². The topological polar surface area (TPSA) is 26.3 Å². The van der Waals surface area contributed by atoms with E-state index in [1.54, 1.807) is 0 Å². The highest BCUT2D eigenvalue weighted by molar-refractivity contribution is 5.75. The molecule has 1 rings (SSSR count). The van der Waals surface area contributed by atoms with Crippen LogP contribution in [0.1, 0.15) is 32.6 Å². The third-order valence-electron chi connectivity index (χ3n) is 2.30. The predicted octanol–water partition coefficient (Wildman–Crippen LogP) is 2.30. The lowest BCUT2D eigenvalue weighted by Gasteiger charge is -2.22. The highest BCUT2D eigenvalue weighted by Crippen LogP contribution is 2.28. The van der Waals surface area contributed by atoms with Gasteiger partial charge in [0, 0.05) is 0 Å². The van der Waals surface area contributed by atoms with E-state index >= 15 is 0 Å². The van der Waals surface area contributed by atoms with Crippen LogP contribution >= 0.6 is 0 Å². The van der Waals surface area contributed by atoms with Crippen molar-refractivity contribution in [3.05, 3.63) is 12.2 Å². The normalized spacial score (nSPS) is 23.8. The van der Waals surface area contributed by atoms with E-state index in [2.05, 4.69) is 6.58 Å². The zero-order valence-electron chi connectivity index (χ0n) is 7.64. The monoisotopic (exact) mass is 168 g/mol. The molecule has 1 atom stereocenters. The minimum atomic E-state index is -0.0813. The zero-order valence-corrected chi connectivity index (χ0v) is 7.64. The van der Waals surface area contributed by atoms with Crippen molar-refractivity contribution in [1.82, 2.24) is 0 Å². The number of hydrogen-bond acceptors (Lipinski definition) is 2. The Morgan fingerprint density at radius 1 is 1.67 bits per heavy atom. The fraction of sp³-hybridized carbons (Fsp3) is 0.700. The Morgan fingerprint density at radius 2 is 2.42 bits per heavy atom. The summed E-state index contributed by atoms with van der Waals surface area (Å²) in [6, 6.07) is 0. The van der Waals surface area contributed by atoms with E-state index < -0.39 is 0 Å². The molecule has 12 heavy (non-hydrogen) atoms. The van der Waals surface area contributed by atoms with Crippen molar-refractivity contribution in [3.63, 3.8) is 0 Å². The summed E-state index contributed by atoms with van der Waals surface area (Å²) in [5.41, 5.74) is 1.06. The molecule has 0 aromatic carbocycles. The first-order valence-electron chi connectivity index (χ1n) is 4.60. The van der Waals surface area contributed by atoms with Crippen LogP contribution in [-0.4, -0.2) is 12.6 Å². The van der Waals surface area contributed by atoms with Crippen molar-refractivity contribution in [1.29, 1.82) is 0 Å². The summed E-state index contributed by atoms with van der Waals surface area (Å²) in [5, 5.41) is 0. The minimum absolute atomic E-state index is 0.0151. The molecule has 2 heteroatoms. The van der Waals surface area contributed by atoms with Crippen LogP contribution in [0.15, 0.2) is 12.2 Å². The Balaban J connectivity index is 2.48. The standard InChI is InChI=1S/C10H16O2/c1-3-12-10(11)9-7-5-4-6-8(9)2/h9H,2-7H2,1H3/t9-/m1/s1. The molecule has 0 aromatic rings. The lowest BCUT2D eigenvalue weighted by Crippen LogP contribution is -2.22. The Kier molecular flexibility index (Phi) is 3.32. The molecule has 1 aliphatic rings. The molecule has 2 nitrogen and oxygen atoms in total. The van der Waals surface area contributed by atoms with Gasteiger partial charge in [-0.1, -0.05) is 18.6 Å². The quantitative estimate of drug-likeness (QED) is 0.467. The van der Waals surface area contributed by atoms with Crippen molar-refractivity contribution >= 4 is 5.97 Å². The van der Waals surface area contributed by atoms with Crippen LogP contribution in [0.4, 0.5) is 0 Å². The molecule has 1 aliphatic carbocycles. The zero-order chi connectivity index (χ0) is 8.97. The lowest BCUT2D eigenvalue weighted by molar-refractivity contribution is -0.147. The third kappa shape index (κ3) is 2.10. The smallest absolute Gasteiger partial charge is 0.313 e. The van der Waals surface area contributed by atoms with E-state index in [9.17, 15) is 4.79 Å². The first-order chi connectivity index (χ1) is 5.75. The third-order valence-corrected chi connectivity index (χ3v) is 2.30. The molecule has 0 heterocycles. The van der Waals surface area contributed by atoms with E-state index in [4.69, 9.17) is 4.74 Å². The van der Waals surface area contributed by atoms with Gasteiger partial charge in [0.05, 0.1) is 12.5 Å². The van der Waals surface area contributed by atoms with Gasteiger partial charge in [-0.2, -0.15) is 0 Å². The number of carbonyl (C=O) groups is 1. The summed E-state index contributed by atoms with van der Waals surface area (Å²) in [7, 11) is 0. The second kappa shape index (κ2) is 4.29. The van der Waals surface area contributed by atoms with E-state index in [0.717, 1.165) is 24.8 Å². The second-order valence-corrected chi connectivity index (χ2v) is 3.21. The lowest BCUT2D eigenvalue weighted by atomic mass is 9.85. The summed E-state index contributed by atoms with van der Waals surface area (Å²) in [4.78, 5) is 11.3. The summed E-state index contributed by atoms with van der Waals surface area (Å²) in [5.74, 6) is -0.0964. The Hall–Kier alpha value is -0.790. The molecule has 0 bridgehead atoms. The molecule has 0 unspecified atom stereocenters. The maximum absolute atomic E-state index is 11.3. The van der Waals surface area contributed by atoms with E-state index in [1.807, 2.05) is 6.92 Å². The van der Waals surface area contributed by atoms with E-state index in [0.29, 0.717) is 6.61 Å². The predicted molar refractivity (Wildman–Crippen MR) is 47.7 cm³/mol. The van der Waals surface area contributed by atoms with Crippen LogP contribution in [0.5, 0.6) is 0 Å². The Labute approximate surface area is 73.6 Å². The van der Waals surface area contributed by atoms with Gasteiger partial charge in [0.2, 0.25) is 0 Å². The van der Waals surface area contributed by atoms with Crippen molar-refractivity contribution in [3.8, 4) is 0 Å². The maximum atomic E-state index is 11.3. The summed E-state index contributed by atoms with van der Waals surface area (Å²) in [6.07, 6.45) is 4.22. The summed E-state index contributed by atoms with van der Waals surface area (Å²) in [6.45, 7) is 6.21. The minimum Gasteiger partial charge on any atom is -0.466 e. The van der Waals surface area contributed by atoms with Gasteiger partial charge in [0.25, 0.3) is 0 Å². The van der Waals surface area contributed by atoms with Crippen molar-refractivity contribution in [2.24, 2.45) is 5.92 Å². The van der Waals surface area contributed by atoms with Gasteiger partial charge in [-0.05, 0) is 26.2 Å². The number of ether oxygens (including phenoxy) is 1. The molecule has 0 aromatic heterocycles. The summed E-state index contributed by atoms with van der Waals surface area (Å²) >= 11 is 0. The molecule has 0 radical (unpaired) electrons. The molecule has 0 saturated heterocycles. The highest BCUT2D eigenvalue weighted by atomic mass is 16.5. The SMILES string of the molecule is C=C1CCCC[C@H]1C(=O)OCC. The van der Waals surface area contributed by atoms with Gasteiger partial charge in [0.15, 0.2) is 0 Å². The van der Waals surface area contributed by atoms with Crippen LogP contribution in [0.2, 0.25) is 0 Å². The average molecular weight is 168 g/mol. The number of carbonyl (C=O) groups excluding carboxylic acids is 1. The molecular weight excluding hydrogens is 152 g/mol. The second-order valence-electron chi connectivity index (χ2n) is 3.21. The molecule has 1 fully saturated rings. The first kappa shape index (κ1) is 9.30. The van der Waals surface area contributed by atoms with Crippen LogP contribution in [-0.2, 0) is 9.53 Å². The van der Waals surface area contributed by atoms with Crippen LogP contribution in [0.25, 0.3) is 0 Å². The summed E-state index contributed by atoms with van der Waals surface area (Å²) < 4.78 is 4.95. The van der Waals surface area contributed by atoms with Gasteiger partial charge in [-0.25, -0.2) is 0 Å². The van der Waals surface area contributed by atoms with E-state index in [-0.39, 0.29) is 11.9 Å². The van der Waals surface area contributed by atoms with Crippen LogP contribution in [0, 0.1) is 5.92 Å². The largest absolute Gasteiger partial charge is 0.466 e. The van der Waals surface area contributed by atoms with Gasteiger partial charge in [0.1, 0.15) is 0 Å². The van der Waals surface area contributed by atoms with Gasteiger partial charge in [-0.3, -0.25) is 4.79 Å². The molecule has 0 spiro atoms. The first-order valence-corrected chi connectivity index (χ1v) is 4.60. The van der Waals surface area contributed by atoms with E-state index in [1.165, 1.54) is 6.42 Å². The fourth-order valence-corrected chi connectivity index (χ4v) is 1.61. The molecule has 68 valence electrons. The maximum Gasteiger partial charge on any atom is 0.313 e. The molecule has 1 saturated carbocycles. The average Bonchev–Trinajstić information content (AvgIpc) is 2.05. The van der Waals surface area contributed by atoms with Crippen molar-refractivity contribution in [2.45, 2.75) is 32.6 Å². The Bertz CT molecular complexity index is 184. The fourth-order valence-electron chi connectivity index (χ4n) is 1.61. The molecule has 0 amide bonds. The highest BCUT2D eigenvalue weighted by Gasteiger charge is 2.25. The van der Waals surface area contributed by atoms with Gasteiger partial charge >= 0.3 is 5.97 Å². The number of esters is 1. The molecule has 0 N–H and O–H groups in total. The van der Waals surface area contributed by atoms with Crippen LogP contribution in [0.3, 0.4) is 0 Å².